The van der Waals surface area contributed by atoms with Crippen LogP contribution in [-0.2, 0) is 0 Å². The van der Waals surface area contributed by atoms with Crippen molar-refractivity contribution in [2.45, 2.75) is 49.8 Å². The van der Waals surface area contributed by atoms with Crippen molar-refractivity contribution < 1.29 is 0 Å². The molecule has 80 valence electrons. The van der Waals surface area contributed by atoms with Crippen LogP contribution in [0.25, 0.3) is 0 Å². The average molecular weight is 211 g/mol. The molecule has 0 saturated heterocycles. The lowest BCUT2D eigenvalue weighted by molar-refractivity contribution is 0.376. The van der Waals surface area contributed by atoms with Gasteiger partial charge in [0.25, 0.3) is 0 Å². The first-order valence-corrected chi connectivity index (χ1v) is 6.69. The molecule has 1 N–H and O–H groups in total. The molecule has 0 bridgehead atoms. The van der Waals surface area contributed by atoms with E-state index in [-0.39, 0.29) is 6.04 Å². The smallest absolute Gasteiger partial charge is 0.0658 e. The second-order valence-corrected chi connectivity index (χ2v) is 5.49. The minimum atomic E-state index is 0.209. The van der Waals surface area contributed by atoms with Gasteiger partial charge in [-0.05, 0) is 26.0 Å². The highest BCUT2D eigenvalue weighted by molar-refractivity contribution is 8.00. The summed E-state index contributed by atoms with van der Waals surface area (Å²) in [6.45, 7) is 3.12. The molecule has 0 spiro atoms. The van der Waals surface area contributed by atoms with Crippen LogP contribution in [0.3, 0.4) is 0 Å². The van der Waals surface area contributed by atoms with Crippen LogP contribution < -0.4 is 5.32 Å². The second-order valence-electron chi connectivity index (χ2n) is 4.22. The number of hydrogen-bond acceptors (Lipinski definition) is 2. The first-order valence-electron chi connectivity index (χ1n) is 5.47. The third-order valence-electron chi connectivity index (χ3n) is 3.18. The molecule has 2 heteroatoms. The molecule has 1 atom stereocenters. The standard InChI is InChI=1S/C12H21NS/c1-4-11(2)13-10-12(14-3)8-6-5-7-9-12/h1,11,13H,5-10H2,2-3H3. The minimum Gasteiger partial charge on any atom is -0.303 e. The molecule has 0 aromatic rings. The Hall–Kier alpha value is -0.130. The van der Waals surface area contributed by atoms with E-state index in [4.69, 9.17) is 6.42 Å². The Bertz CT molecular complexity index is 201. The van der Waals surface area contributed by atoms with Crippen LogP contribution in [0.1, 0.15) is 39.0 Å². The van der Waals surface area contributed by atoms with Crippen molar-refractivity contribution in [2.24, 2.45) is 0 Å². The third-order valence-corrected chi connectivity index (χ3v) is 4.60. The first kappa shape index (κ1) is 11.9. The maximum absolute atomic E-state index is 5.35. The summed E-state index contributed by atoms with van der Waals surface area (Å²) in [5.74, 6) is 2.73. The van der Waals surface area contributed by atoms with Gasteiger partial charge >= 0.3 is 0 Å². The van der Waals surface area contributed by atoms with Crippen LogP contribution in [0.15, 0.2) is 0 Å². The molecule has 0 heterocycles. The van der Waals surface area contributed by atoms with Crippen LogP contribution in [0, 0.1) is 12.3 Å². The Balaban J connectivity index is 2.40. The largest absolute Gasteiger partial charge is 0.303 e. The fourth-order valence-electron chi connectivity index (χ4n) is 2.05. The Kier molecular flexibility index (Phi) is 4.84. The average Bonchev–Trinajstić information content (AvgIpc) is 2.27. The minimum absolute atomic E-state index is 0.209. The van der Waals surface area contributed by atoms with Gasteiger partial charge in [0.2, 0.25) is 0 Å². The summed E-state index contributed by atoms with van der Waals surface area (Å²) in [5, 5.41) is 3.44. The quantitative estimate of drug-likeness (QED) is 0.718. The van der Waals surface area contributed by atoms with Crippen LogP contribution >= 0.6 is 11.8 Å². The summed E-state index contributed by atoms with van der Waals surface area (Å²) in [6, 6.07) is 0.209. The molecule has 0 amide bonds. The number of hydrogen-bond donors (Lipinski definition) is 1. The zero-order valence-corrected chi connectivity index (χ0v) is 10.1. The summed E-state index contributed by atoms with van der Waals surface area (Å²) in [7, 11) is 0. The normalized spacial score (nSPS) is 22.6. The van der Waals surface area contributed by atoms with Gasteiger partial charge in [-0.15, -0.1) is 6.42 Å². The molecule has 1 nitrogen and oxygen atoms in total. The molecular formula is C12H21NS. The summed E-state index contributed by atoms with van der Waals surface area (Å²) in [5.41, 5.74) is 0. The van der Waals surface area contributed by atoms with E-state index in [1.54, 1.807) is 0 Å². The van der Waals surface area contributed by atoms with Gasteiger partial charge in [-0.2, -0.15) is 11.8 Å². The molecule has 1 aliphatic carbocycles. The highest BCUT2D eigenvalue weighted by Crippen LogP contribution is 2.37. The Morgan fingerprint density at radius 2 is 2.07 bits per heavy atom. The van der Waals surface area contributed by atoms with Crippen molar-refractivity contribution in [1.82, 2.24) is 5.32 Å². The molecule has 0 aliphatic heterocycles. The third kappa shape index (κ3) is 3.22. The number of thioether (sulfide) groups is 1. The van der Waals surface area contributed by atoms with Crippen molar-refractivity contribution in [2.75, 3.05) is 12.8 Å². The fraction of sp³-hybridized carbons (Fsp3) is 0.833. The second kappa shape index (κ2) is 5.68. The van der Waals surface area contributed by atoms with E-state index >= 15 is 0 Å². The zero-order chi connectivity index (χ0) is 10.4. The van der Waals surface area contributed by atoms with Gasteiger partial charge in [0.05, 0.1) is 6.04 Å². The highest BCUT2D eigenvalue weighted by Gasteiger charge is 2.30. The van der Waals surface area contributed by atoms with Crippen molar-refractivity contribution in [1.29, 1.82) is 0 Å². The summed E-state index contributed by atoms with van der Waals surface area (Å²) < 4.78 is 0.462. The molecule has 0 radical (unpaired) electrons. The number of nitrogens with one attached hydrogen (secondary N) is 1. The van der Waals surface area contributed by atoms with Gasteiger partial charge in [0.1, 0.15) is 0 Å². The van der Waals surface area contributed by atoms with E-state index in [9.17, 15) is 0 Å². The van der Waals surface area contributed by atoms with Crippen molar-refractivity contribution in [3.05, 3.63) is 0 Å². The Morgan fingerprint density at radius 3 is 2.57 bits per heavy atom. The van der Waals surface area contributed by atoms with E-state index < -0.39 is 0 Å². The Labute approximate surface area is 92.4 Å². The molecule has 1 saturated carbocycles. The van der Waals surface area contributed by atoms with Gasteiger partial charge in [-0.1, -0.05) is 25.2 Å². The molecule has 0 aromatic heterocycles. The summed E-state index contributed by atoms with van der Waals surface area (Å²) >= 11 is 2.01. The van der Waals surface area contributed by atoms with Gasteiger partial charge in [0.15, 0.2) is 0 Å². The molecule has 1 aliphatic rings. The molecule has 14 heavy (non-hydrogen) atoms. The lowest BCUT2D eigenvalue weighted by Crippen LogP contribution is -2.42. The van der Waals surface area contributed by atoms with Crippen LogP contribution in [0.4, 0.5) is 0 Å². The lowest BCUT2D eigenvalue weighted by atomic mass is 9.88. The lowest BCUT2D eigenvalue weighted by Gasteiger charge is -2.36. The molecular weight excluding hydrogens is 190 g/mol. The van der Waals surface area contributed by atoms with Gasteiger partial charge < -0.3 is 5.32 Å². The predicted molar refractivity (Wildman–Crippen MR) is 65.6 cm³/mol. The SMILES string of the molecule is C#CC(C)NCC1(SC)CCCCC1. The van der Waals surface area contributed by atoms with E-state index in [0.29, 0.717) is 4.75 Å². The predicted octanol–water partition coefficient (Wildman–Crippen LogP) is 2.66. The fourth-order valence-corrected chi connectivity index (χ4v) is 2.97. The molecule has 1 fully saturated rings. The summed E-state index contributed by atoms with van der Waals surface area (Å²) in [6.07, 6.45) is 14.4. The number of rotatable bonds is 4. The maximum atomic E-state index is 5.35. The maximum Gasteiger partial charge on any atom is 0.0658 e. The van der Waals surface area contributed by atoms with E-state index in [2.05, 4.69) is 24.4 Å². The van der Waals surface area contributed by atoms with Crippen LogP contribution in [-0.4, -0.2) is 23.6 Å². The van der Waals surface area contributed by atoms with E-state index in [1.165, 1.54) is 32.1 Å². The monoisotopic (exact) mass is 211 g/mol. The van der Waals surface area contributed by atoms with Gasteiger partial charge in [0, 0.05) is 11.3 Å². The molecule has 1 rings (SSSR count). The van der Waals surface area contributed by atoms with Crippen molar-refractivity contribution >= 4 is 11.8 Å². The van der Waals surface area contributed by atoms with Crippen molar-refractivity contribution in [3.8, 4) is 12.3 Å². The molecule has 1 unspecified atom stereocenters. The van der Waals surface area contributed by atoms with Gasteiger partial charge in [-0.3, -0.25) is 0 Å². The van der Waals surface area contributed by atoms with Crippen LogP contribution in [0.5, 0.6) is 0 Å². The highest BCUT2D eigenvalue weighted by atomic mass is 32.2. The van der Waals surface area contributed by atoms with Crippen molar-refractivity contribution in [3.63, 3.8) is 0 Å². The van der Waals surface area contributed by atoms with E-state index in [0.717, 1.165) is 6.54 Å². The molecule has 0 aromatic carbocycles. The Morgan fingerprint density at radius 1 is 1.43 bits per heavy atom. The first-order chi connectivity index (χ1) is 6.72. The van der Waals surface area contributed by atoms with E-state index in [1.807, 2.05) is 11.8 Å². The van der Waals surface area contributed by atoms with Gasteiger partial charge in [-0.25, -0.2) is 0 Å². The van der Waals surface area contributed by atoms with Crippen LogP contribution in [0.2, 0.25) is 0 Å². The number of terminal acetylenes is 1. The summed E-state index contributed by atoms with van der Waals surface area (Å²) in [4.78, 5) is 0. The topological polar surface area (TPSA) is 12.0 Å². The zero-order valence-electron chi connectivity index (χ0n) is 9.31.